The fraction of sp³-hybridized carbons (Fsp3) is 0.545. The normalized spacial score (nSPS) is 14.9. The molecule has 1 aliphatic rings. The van der Waals surface area contributed by atoms with E-state index in [2.05, 4.69) is 21.8 Å². The number of hydrogen-bond donors (Lipinski definition) is 2. The van der Waals surface area contributed by atoms with Crippen LogP contribution in [0.3, 0.4) is 0 Å². The number of nitrogens with one attached hydrogen (secondary N) is 2. The first-order chi connectivity index (χ1) is 14.2. The van der Waals surface area contributed by atoms with Crippen LogP contribution in [0.15, 0.2) is 18.2 Å². The van der Waals surface area contributed by atoms with Crippen LogP contribution >= 0.6 is 0 Å². The van der Waals surface area contributed by atoms with Crippen molar-refractivity contribution in [1.29, 1.82) is 5.26 Å². The van der Waals surface area contributed by atoms with Crippen LogP contribution in [-0.2, 0) is 11.3 Å². The molecule has 1 aromatic carbocycles. The molecule has 2 aromatic rings. The van der Waals surface area contributed by atoms with E-state index in [1.165, 1.54) is 16.8 Å². The Morgan fingerprint density at radius 3 is 2.70 bits per heavy atom. The average molecular weight is 413 g/mol. The van der Waals surface area contributed by atoms with E-state index in [-0.39, 0.29) is 23.2 Å². The standard InChI is InChI=1S/C22H28FN5O2/c1-22(2,3)19(21(30)25-14-10-11-14)26-20(29)17-15-8-7-9-16(23)18(15)28(27-17)13-6-4-5-12-24/h7-9,14,19H,4-6,10-11,13H2,1-3H3,(H,25,30)(H,26,29)/t19-/m1/s1. The SMILES string of the molecule is CC(C)(C)[C@H](NC(=O)c1nn(CCCCC#N)c2c(F)cccc12)C(=O)NC1CC1. The van der Waals surface area contributed by atoms with Crippen LogP contribution in [0.1, 0.15) is 63.4 Å². The van der Waals surface area contributed by atoms with E-state index >= 15 is 0 Å². The van der Waals surface area contributed by atoms with Crippen molar-refractivity contribution in [3.63, 3.8) is 0 Å². The molecule has 1 atom stereocenters. The van der Waals surface area contributed by atoms with Gasteiger partial charge in [-0.3, -0.25) is 14.3 Å². The fourth-order valence-electron chi connectivity index (χ4n) is 3.38. The van der Waals surface area contributed by atoms with E-state index in [1.807, 2.05) is 20.8 Å². The minimum absolute atomic E-state index is 0.0956. The number of fused-ring (bicyclic) bond motifs is 1. The molecule has 0 radical (unpaired) electrons. The number of nitriles is 1. The highest BCUT2D eigenvalue weighted by Crippen LogP contribution is 2.25. The lowest BCUT2D eigenvalue weighted by atomic mass is 9.86. The van der Waals surface area contributed by atoms with Crippen molar-refractivity contribution in [3.8, 4) is 6.07 Å². The van der Waals surface area contributed by atoms with Gasteiger partial charge in [-0.1, -0.05) is 32.9 Å². The van der Waals surface area contributed by atoms with Crippen LogP contribution in [0.25, 0.3) is 10.9 Å². The van der Waals surface area contributed by atoms with E-state index in [0.29, 0.717) is 31.2 Å². The van der Waals surface area contributed by atoms with Gasteiger partial charge in [0.15, 0.2) is 5.69 Å². The van der Waals surface area contributed by atoms with Crippen LogP contribution in [0, 0.1) is 22.6 Å². The van der Waals surface area contributed by atoms with Gasteiger partial charge in [0.2, 0.25) is 5.91 Å². The first kappa shape index (κ1) is 21.8. The topological polar surface area (TPSA) is 99.8 Å². The molecule has 2 amide bonds. The second-order valence-corrected chi connectivity index (χ2v) is 8.88. The molecule has 160 valence electrons. The second kappa shape index (κ2) is 8.82. The summed E-state index contributed by atoms with van der Waals surface area (Å²) >= 11 is 0. The lowest BCUT2D eigenvalue weighted by Gasteiger charge is -2.30. The van der Waals surface area contributed by atoms with Gasteiger partial charge < -0.3 is 10.6 Å². The monoisotopic (exact) mass is 413 g/mol. The summed E-state index contributed by atoms with van der Waals surface area (Å²) in [5, 5.41) is 19.2. The number of hydrogen-bond acceptors (Lipinski definition) is 4. The molecule has 8 heteroatoms. The number of rotatable bonds is 8. The molecular formula is C22H28FN5O2. The molecule has 1 aromatic heterocycles. The van der Waals surface area contributed by atoms with Gasteiger partial charge in [-0.2, -0.15) is 10.4 Å². The number of para-hydroxylation sites is 1. The van der Waals surface area contributed by atoms with Crippen molar-refractivity contribution in [2.75, 3.05) is 0 Å². The quantitative estimate of drug-likeness (QED) is 0.649. The average Bonchev–Trinajstić information content (AvgIpc) is 3.40. The summed E-state index contributed by atoms with van der Waals surface area (Å²) in [6.07, 6.45) is 3.64. The molecule has 3 rings (SSSR count). The summed E-state index contributed by atoms with van der Waals surface area (Å²) in [7, 11) is 0. The Hall–Kier alpha value is -2.95. The van der Waals surface area contributed by atoms with Crippen molar-refractivity contribution in [1.82, 2.24) is 20.4 Å². The Balaban J connectivity index is 1.86. The Bertz CT molecular complexity index is 982. The van der Waals surface area contributed by atoms with Crippen molar-refractivity contribution in [2.24, 2.45) is 5.41 Å². The highest BCUT2D eigenvalue weighted by molar-refractivity contribution is 6.06. The lowest BCUT2D eigenvalue weighted by molar-refractivity contribution is -0.125. The van der Waals surface area contributed by atoms with Crippen molar-refractivity contribution < 1.29 is 14.0 Å². The van der Waals surface area contributed by atoms with Gasteiger partial charge in [-0.05, 0) is 37.2 Å². The van der Waals surface area contributed by atoms with Gasteiger partial charge in [0.1, 0.15) is 17.4 Å². The van der Waals surface area contributed by atoms with Gasteiger partial charge in [0.05, 0.1) is 6.07 Å². The van der Waals surface area contributed by atoms with Gasteiger partial charge in [0.25, 0.3) is 5.91 Å². The number of nitrogens with zero attached hydrogens (tertiary/aromatic N) is 3. The third-order valence-corrected chi connectivity index (χ3v) is 5.17. The summed E-state index contributed by atoms with van der Waals surface area (Å²) in [5.41, 5.74) is -0.150. The maximum atomic E-state index is 14.5. The first-order valence-electron chi connectivity index (χ1n) is 10.4. The van der Waals surface area contributed by atoms with Crippen LogP contribution in [0.4, 0.5) is 4.39 Å². The van der Waals surface area contributed by atoms with Crippen molar-refractivity contribution in [3.05, 3.63) is 29.7 Å². The summed E-state index contributed by atoms with van der Waals surface area (Å²) in [4.78, 5) is 25.8. The van der Waals surface area contributed by atoms with Crippen molar-refractivity contribution in [2.45, 2.75) is 71.5 Å². The molecule has 7 nitrogen and oxygen atoms in total. The maximum Gasteiger partial charge on any atom is 0.273 e. The number of amides is 2. The largest absolute Gasteiger partial charge is 0.352 e. The second-order valence-electron chi connectivity index (χ2n) is 8.88. The predicted molar refractivity (Wildman–Crippen MR) is 111 cm³/mol. The van der Waals surface area contributed by atoms with E-state index in [9.17, 15) is 14.0 Å². The third-order valence-electron chi connectivity index (χ3n) is 5.17. The van der Waals surface area contributed by atoms with Gasteiger partial charge in [-0.15, -0.1) is 0 Å². The van der Waals surface area contributed by atoms with E-state index in [4.69, 9.17) is 5.26 Å². The minimum Gasteiger partial charge on any atom is -0.352 e. The Morgan fingerprint density at radius 2 is 2.07 bits per heavy atom. The predicted octanol–water partition coefficient (Wildman–Crippen LogP) is 3.29. The van der Waals surface area contributed by atoms with Crippen LogP contribution in [0.2, 0.25) is 0 Å². The fourth-order valence-corrected chi connectivity index (χ4v) is 3.38. The highest BCUT2D eigenvalue weighted by Gasteiger charge is 2.36. The molecule has 0 saturated heterocycles. The zero-order valence-corrected chi connectivity index (χ0v) is 17.7. The lowest BCUT2D eigenvalue weighted by Crippen LogP contribution is -2.54. The number of unbranched alkanes of at least 4 members (excludes halogenated alkanes) is 2. The van der Waals surface area contributed by atoms with E-state index in [0.717, 1.165) is 12.8 Å². The zero-order valence-electron chi connectivity index (χ0n) is 17.7. The Labute approximate surface area is 175 Å². The van der Waals surface area contributed by atoms with Gasteiger partial charge in [-0.25, -0.2) is 4.39 Å². The summed E-state index contributed by atoms with van der Waals surface area (Å²) < 4.78 is 16.0. The molecule has 1 heterocycles. The molecule has 0 spiro atoms. The number of benzene rings is 1. The molecule has 0 aliphatic heterocycles. The smallest absolute Gasteiger partial charge is 0.273 e. The molecule has 1 fully saturated rings. The van der Waals surface area contributed by atoms with Crippen LogP contribution < -0.4 is 10.6 Å². The molecule has 0 unspecified atom stereocenters. The number of halogens is 1. The third kappa shape index (κ3) is 4.96. The molecule has 2 N–H and O–H groups in total. The molecule has 30 heavy (non-hydrogen) atoms. The first-order valence-corrected chi connectivity index (χ1v) is 10.4. The van der Waals surface area contributed by atoms with Crippen molar-refractivity contribution >= 4 is 22.7 Å². The Morgan fingerprint density at radius 1 is 1.33 bits per heavy atom. The minimum atomic E-state index is -0.741. The number of carbonyl (C=O) groups excluding carboxylic acids is 2. The van der Waals surface area contributed by atoms with Gasteiger partial charge >= 0.3 is 0 Å². The molecule has 1 aliphatic carbocycles. The Kier molecular flexibility index (Phi) is 6.40. The number of aryl methyl sites for hydroxylation is 1. The van der Waals surface area contributed by atoms with E-state index < -0.39 is 23.2 Å². The van der Waals surface area contributed by atoms with Crippen LogP contribution in [0.5, 0.6) is 0 Å². The maximum absolute atomic E-state index is 14.5. The summed E-state index contributed by atoms with van der Waals surface area (Å²) in [6.45, 7) is 6.05. The van der Waals surface area contributed by atoms with Gasteiger partial charge in [0, 0.05) is 24.4 Å². The highest BCUT2D eigenvalue weighted by atomic mass is 19.1. The summed E-state index contributed by atoms with van der Waals surface area (Å²) in [6, 6.07) is 6.05. The number of aromatic nitrogens is 2. The number of carbonyl (C=O) groups is 2. The molecular weight excluding hydrogens is 385 g/mol. The summed E-state index contributed by atoms with van der Waals surface area (Å²) in [5.74, 6) is -1.18. The van der Waals surface area contributed by atoms with E-state index in [1.54, 1.807) is 6.07 Å². The zero-order chi connectivity index (χ0) is 21.9. The molecule has 1 saturated carbocycles. The van der Waals surface area contributed by atoms with Crippen LogP contribution in [-0.4, -0.2) is 33.7 Å². The molecule has 0 bridgehead atoms.